The molecule has 2 aromatic carbocycles. The van der Waals surface area contributed by atoms with E-state index in [0.717, 1.165) is 28.1 Å². The third-order valence-electron chi connectivity index (χ3n) is 8.14. The molecule has 2 aliphatic rings. The highest BCUT2D eigenvalue weighted by atomic mass is 35.5. The number of anilines is 1. The van der Waals surface area contributed by atoms with Gasteiger partial charge >= 0.3 is 5.97 Å². The van der Waals surface area contributed by atoms with E-state index in [1.54, 1.807) is 13.1 Å². The number of pyridine rings is 1. The number of carbonyl (C=O) groups excluding carboxylic acids is 2. The van der Waals surface area contributed by atoms with E-state index in [1.807, 2.05) is 79.1 Å². The second-order valence-corrected chi connectivity index (χ2v) is 12.4. The van der Waals surface area contributed by atoms with Crippen LogP contribution in [0.15, 0.2) is 54.7 Å². The van der Waals surface area contributed by atoms with Crippen molar-refractivity contribution in [3.63, 3.8) is 0 Å². The third kappa shape index (κ3) is 6.00. The van der Waals surface area contributed by atoms with Crippen LogP contribution in [0.3, 0.4) is 0 Å². The number of halogens is 1. The Labute approximate surface area is 251 Å². The molecule has 1 saturated heterocycles. The Bertz CT molecular complexity index is 1530. The van der Waals surface area contributed by atoms with Crippen LogP contribution in [0.4, 0.5) is 5.69 Å². The van der Waals surface area contributed by atoms with E-state index in [2.05, 4.69) is 4.98 Å². The molecule has 1 N–H and O–H groups in total. The predicted molar refractivity (Wildman–Crippen MR) is 162 cm³/mol. The monoisotopic (exact) mass is 589 g/mol. The second kappa shape index (κ2) is 11.8. The second-order valence-electron chi connectivity index (χ2n) is 11.9. The van der Waals surface area contributed by atoms with E-state index in [0.29, 0.717) is 48.7 Å². The van der Waals surface area contributed by atoms with Crippen molar-refractivity contribution in [1.82, 2.24) is 9.88 Å². The van der Waals surface area contributed by atoms with E-state index < -0.39 is 17.5 Å². The lowest BCUT2D eigenvalue weighted by Gasteiger charge is -2.45. The third-order valence-corrected chi connectivity index (χ3v) is 8.35. The van der Waals surface area contributed by atoms with Crippen molar-refractivity contribution in [2.45, 2.75) is 65.5 Å². The Kier molecular flexibility index (Phi) is 8.28. The molecule has 2 aliphatic heterocycles. The molecule has 8 nitrogen and oxygen atoms in total. The Hall–Kier alpha value is -3.91. The lowest BCUT2D eigenvalue weighted by Crippen LogP contribution is -2.55. The van der Waals surface area contributed by atoms with Gasteiger partial charge in [-0.1, -0.05) is 55.8 Å². The van der Waals surface area contributed by atoms with Crippen molar-refractivity contribution in [2.75, 3.05) is 18.0 Å². The molecule has 0 spiro atoms. The normalized spacial score (nSPS) is 17.5. The van der Waals surface area contributed by atoms with Crippen LogP contribution < -0.4 is 9.64 Å². The zero-order chi connectivity index (χ0) is 30.2. The Balaban J connectivity index is 1.30. The van der Waals surface area contributed by atoms with Gasteiger partial charge in [0.1, 0.15) is 11.9 Å². The molecule has 3 aromatic rings. The summed E-state index contributed by atoms with van der Waals surface area (Å²) in [4.78, 5) is 46.5. The smallest absolute Gasteiger partial charge is 0.307 e. The van der Waals surface area contributed by atoms with Gasteiger partial charge in [-0.25, -0.2) is 0 Å². The van der Waals surface area contributed by atoms with Crippen molar-refractivity contribution >= 4 is 35.1 Å². The van der Waals surface area contributed by atoms with Gasteiger partial charge in [-0.05, 0) is 56.0 Å². The van der Waals surface area contributed by atoms with Crippen molar-refractivity contribution in [2.24, 2.45) is 5.41 Å². The Morgan fingerprint density at radius 1 is 1.14 bits per heavy atom. The highest BCUT2D eigenvalue weighted by Crippen LogP contribution is 2.40. The van der Waals surface area contributed by atoms with Gasteiger partial charge < -0.3 is 19.6 Å². The fourth-order valence-electron chi connectivity index (χ4n) is 5.97. The summed E-state index contributed by atoms with van der Waals surface area (Å²) in [6.45, 7) is 8.63. The number of carboxylic acids is 1. The minimum atomic E-state index is -0.916. The van der Waals surface area contributed by atoms with Crippen LogP contribution in [0.2, 0.25) is 5.02 Å². The number of aryl methyl sites for hydroxylation is 1. The minimum absolute atomic E-state index is 0.0347. The van der Waals surface area contributed by atoms with Crippen molar-refractivity contribution in [3.8, 4) is 16.9 Å². The summed E-state index contributed by atoms with van der Waals surface area (Å²) >= 11 is 6.26. The standard InChI is InChI=1S/C33H36ClN3O5/c1-20-15-22(26-7-5-6-8-29(26)42-21(2)16-30(38)39)9-10-25(20)31(40)36-13-11-24(12-14-36)37-28-17-23(34)19-35-27(28)18-33(3,4)32(37)41/h5-10,15,17,19,21,24H,11-14,16,18H2,1-4H3,(H,38,39)/t21-/m1/s1. The maximum atomic E-state index is 13.6. The molecule has 0 bridgehead atoms. The summed E-state index contributed by atoms with van der Waals surface area (Å²) in [6.07, 6.45) is 2.94. The average Bonchev–Trinajstić information content (AvgIpc) is 2.94. The van der Waals surface area contributed by atoms with Crippen LogP contribution >= 0.6 is 11.6 Å². The molecule has 0 radical (unpaired) electrons. The summed E-state index contributed by atoms with van der Waals surface area (Å²) in [6, 6.07) is 15.0. The van der Waals surface area contributed by atoms with Crippen LogP contribution in [-0.2, 0) is 16.0 Å². The zero-order valence-electron chi connectivity index (χ0n) is 24.4. The molecule has 1 fully saturated rings. The number of para-hydroxylation sites is 1. The molecule has 1 aromatic heterocycles. The van der Waals surface area contributed by atoms with E-state index in [-0.39, 0.29) is 24.3 Å². The Morgan fingerprint density at radius 3 is 2.55 bits per heavy atom. The van der Waals surface area contributed by atoms with Gasteiger partial charge in [0.05, 0.1) is 22.8 Å². The highest BCUT2D eigenvalue weighted by molar-refractivity contribution is 6.30. The SMILES string of the molecule is Cc1cc(-c2ccccc2O[C@H](C)CC(=O)O)ccc1C(=O)N1CCC(N2C(=O)C(C)(C)Cc3ncc(Cl)cc32)CC1. The van der Waals surface area contributed by atoms with E-state index in [9.17, 15) is 14.4 Å². The van der Waals surface area contributed by atoms with Crippen molar-refractivity contribution < 1.29 is 24.2 Å². The largest absolute Gasteiger partial charge is 0.489 e. The molecule has 3 heterocycles. The molecular formula is C33H36ClN3O5. The highest BCUT2D eigenvalue weighted by Gasteiger charge is 2.43. The van der Waals surface area contributed by atoms with Crippen molar-refractivity contribution in [3.05, 3.63) is 76.6 Å². The first-order chi connectivity index (χ1) is 19.9. The number of hydrogen-bond donors (Lipinski definition) is 1. The number of carbonyl (C=O) groups is 3. The molecule has 220 valence electrons. The van der Waals surface area contributed by atoms with Crippen LogP contribution in [0, 0.1) is 12.3 Å². The summed E-state index contributed by atoms with van der Waals surface area (Å²) < 4.78 is 5.94. The number of likely N-dealkylation sites (tertiary alicyclic amines) is 1. The van der Waals surface area contributed by atoms with Gasteiger partial charge in [0.2, 0.25) is 5.91 Å². The summed E-state index contributed by atoms with van der Waals surface area (Å²) in [7, 11) is 0. The van der Waals surface area contributed by atoms with Crippen LogP contribution in [-0.4, -0.2) is 58.0 Å². The summed E-state index contributed by atoms with van der Waals surface area (Å²) in [5.74, 6) is -0.287. The lowest BCUT2D eigenvalue weighted by molar-refractivity contribution is -0.138. The number of aliphatic carboxylic acids is 1. The number of nitrogens with zero attached hydrogens (tertiary/aromatic N) is 3. The quantitative estimate of drug-likeness (QED) is 0.354. The number of hydrogen-bond acceptors (Lipinski definition) is 5. The number of fused-ring (bicyclic) bond motifs is 1. The molecule has 0 saturated carbocycles. The first-order valence-corrected chi connectivity index (χ1v) is 14.7. The lowest BCUT2D eigenvalue weighted by atomic mass is 9.81. The molecule has 5 rings (SSSR count). The molecule has 0 aliphatic carbocycles. The van der Waals surface area contributed by atoms with Crippen LogP contribution in [0.1, 0.15) is 61.6 Å². The fourth-order valence-corrected chi connectivity index (χ4v) is 6.13. The van der Waals surface area contributed by atoms with Gasteiger partial charge in [-0.2, -0.15) is 0 Å². The van der Waals surface area contributed by atoms with Gasteiger partial charge in [0, 0.05) is 48.3 Å². The van der Waals surface area contributed by atoms with Gasteiger partial charge in [0.25, 0.3) is 5.91 Å². The fraction of sp³-hybridized carbons (Fsp3) is 0.394. The maximum Gasteiger partial charge on any atom is 0.307 e. The number of piperidine rings is 1. The van der Waals surface area contributed by atoms with Crippen LogP contribution in [0.5, 0.6) is 5.75 Å². The zero-order valence-corrected chi connectivity index (χ0v) is 25.1. The molecular weight excluding hydrogens is 554 g/mol. The first-order valence-electron chi connectivity index (χ1n) is 14.3. The number of ether oxygens (including phenoxy) is 1. The van der Waals surface area contributed by atoms with Crippen molar-refractivity contribution in [1.29, 1.82) is 0 Å². The summed E-state index contributed by atoms with van der Waals surface area (Å²) in [5, 5.41) is 9.60. The van der Waals surface area contributed by atoms with Gasteiger partial charge in [-0.15, -0.1) is 0 Å². The maximum absolute atomic E-state index is 13.6. The molecule has 2 amide bonds. The van der Waals surface area contributed by atoms with Gasteiger partial charge in [0.15, 0.2) is 0 Å². The molecule has 1 atom stereocenters. The predicted octanol–water partition coefficient (Wildman–Crippen LogP) is 6.17. The number of rotatable bonds is 7. The Morgan fingerprint density at radius 2 is 1.86 bits per heavy atom. The van der Waals surface area contributed by atoms with E-state index in [1.165, 1.54) is 0 Å². The number of benzene rings is 2. The molecule has 0 unspecified atom stereocenters. The topological polar surface area (TPSA) is 100 Å². The molecule has 9 heteroatoms. The average molecular weight is 590 g/mol. The van der Waals surface area contributed by atoms with E-state index >= 15 is 0 Å². The minimum Gasteiger partial charge on any atom is -0.489 e. The van der Waals surface area contributed by atoms with E-state index in [4.69, 9.17) is 21.4 Å². The number of carboxylic acid groups (broad SMARTS) is 1. The number of aromatic nitrogens is 1. The van der Waals surface area contributed by atoms with Crippen LogP contribution in [0.25, 0.3) is 11.1 Å². The summed E-state index contributed by atoms with van der Waals surface area (Å²) in [5.41, 5.74) is 4.30. The first kappa shape index (κ1) is 29.6. The number of amides is 2. The molecule has 42 heavy (non-hydrogen) atoms. The van der Waals surface area contributed by atoms with Gasteiger partial charge in [-0.3, -0.25) is 19.4 Å².